The van der Waals surface area contributed by atoms with Crippen LogP contribution >= 0.6 is 0 Å². The van der Waals surface area contributed by atoms with Crippen molar-refractivity contribution in [1.82, 2.24) is 15.1 Å². The Kier molecular flexibility index (Phi) is 4.29. The van der Waals surface area contributed by atoms with Crippen molar-refractivity contribution in [2.24, 2.45) is 5.73 Å². The first kappa shape index (κ1) is 14.3. The fraction of sp³-hybridized carbons (Fsp3) is 0.933. The number of nitrogens with one attached hydrogen (secondary N) is 1. The quantitative estimate of drug-likeness (QED) is 0.753. The number of nitrogens with two attached hydrogens (primary N) is 1. The molecule has 1 saturated carbocycles. The van der Waals surface area contributed by atoms with Crippen LogP contribution in [0.15, 0.2) is 0 Å². The van der Waals surface area contributed by atoms with Gasteiger partial charge in [-0.3, -0.25) is 14.6 Å². The highest BCUT2D eigenvalue weighted by Gasteiger charge is 2.39. The number of hydrogen-bond acceptors (Lipinski definition) is 4. The zero-order chi connectivity index (χ0) is 14.1. The third-order valence-electron chi connectivity index (χ3n) is 5.08. The minimum Gasteiger partial charge on any atom is -0.369 e. The summed E-state index contributed by atoms with van der Waals surface area (Å²) in [7, 11) is 0. The molecule has 0 unspecified atom stereocenters. The molecular weight excluding hydrogens is 252 g/mol. The summed E-state index contributed by atoms with van der Waals surface area (Å²) < 4.78 is 0. The Hall–Kier alpha value is -0.650. The molecule has 0 aromatic heterocycles. The first-order valence-electron chi connectivity index (χ1n) is 8.14. The Bertz CT molecular complexity index is 350. The maximum absolute atomic E-state index is 10.9. The molecule has 1 amide bonds. The predicted molar refractivity (Wildman–Crippen MR) is 79.4 cm³/mol. The molecule has 2 saturated heterocycles. The fourth-order valence-corrected chi connectivity index (χ4v) is 3.90. The molecule has 0 spiro atoms. The van der Waals surface area contributed by atoms with E-state index in [-0.39, 0.29) is 5.91 Å². The van der Waals surface area contributed by atoms with Crippen molar-refractivity contribution >= 4 is 5.91 Å². The highest BCUT2D eigenvalue weighted by molar-refractivity contribution is 5.75. The standard InChI is InChI=1S/C15H28N4O/c1-11-8-13(9-19(11)14-2-3-14)17-12-4-6-18(7-5-12)10-15(16)20/h11-14,17H,2-10H2,1H3,(H2,16,20)/t11-,13-/m0/s1. The van der Waals surface area contributed by atoms with Gasteiger partial charge < -0.3 is 11.1 Å². The highest BCUT2D eigenvalue weighted by atomic mass is 16.1. The van der Waals surface area contributed by atoms with E-state index in [1.54, 1.807) is 0 Å². The highest BCUT2D eigenvalue weighted by Crippen LogP contribution is 2.33. The van der Waals surface area contributed by atoms with E-state index in [1.807, 2.05) is 0 Å². The molecule has 5 heteroatoms. The maximum atomic E-state index is 10.9. The second-order valence-corrected chi connectivity index (χ2v) is 6.89. The minimum absolute atomic E-state index is 0.207. The Labute approximate surface area is 121 Å². The van der Waals surface area contributed by atoms with Crippen molar-refractivity contribution in [1.29, 1.82) is 0 Å². The van der Waals surface area contributed by atoms with Crippen LogP contribution in [0.2, 0.25) is 0 Å². The topological polar surface area (TPSA) is 61.6 Å². The molecule has 2 atom stereocenters. The van der Waals surface area contributed by atoms with Gasteiger partial charge in [0.2, 0.25) is 5.91 Å². The monoisotopic (exact) mass is 280 g/mol. The number of carbonyl (C=O) groups is 1. The first-order chi connectivity index (χ1) is 9.61. The number of primary amides is 1. The Morgan fingerprint density at radius 1 is 1.20 bits per heavy atom. The second-order valence-electron chi connectivity index (χ2n) is 6.89. The van der Waals surface area contributed by atoms with E-state index in [9.17, 15) is 4.79 Å². The normalized spacial score (nSPS) is 33.6. The van der Waals surface area contributed by atoms with Crippen molar-refractivity contribution < 1.29 is 4.79 Å². The summed E-state index contributed by atoms with van der Waals surface area (Å²) in [6.07, 6.45) is 6.38. The largest absolute Gasteiger partial charge is 0.369 e. The van der Waals surface area contributed by atoms with Crippen molar-refractivity contribution in [3.8, 4) is 0 Å². The van der Waals surface area contributed by atoms with Crippen LogP contribution in [0.25, 0.3) is 0 Å². The predicted octanol–water partition coefficient (Wildman–Crippen LogP) is 0.151. The van der Waals surface area contributed by atoms with Gasteiger partial charge in [0.05, 0.1) is 6.54 Å². The molecule has 3 fully saturated rings. The summed E-state index contributed by atoms with van der Waals surface area (Å²) >= 11 is 0. The summed E-state index contributed by atoms with van der Waals surface area (Å²) in [6, 6.07) is 2.91. The van der Waals surface area contributed by atoms with Crippen molar-refractivity contribution in [3.63, 3.8) is 0 Å². The third-order valence-corrected chi connectivity index (χ3v) is 5.08. The molecule has 2 aliphatic heterocycles. The van der Waals surface area contributed by atoms with Crippen LogP contribution in [-0.2, 0) is 4.79 Å². The minimum atomic E-state index is -0.207. The molecule has 5 nitrogen and oxygen atoms in total. The van der Waals surface area contributed by atoms with Gasteiger partial charge in [0.15, 0.2) is 0 Å². The molecule has 3 N–H and O–H groups in total. The second kappa shape index (κ2) is 6.00. The Morgan fingerprint density at radius 2 is 1.90 bits per heavy atom. The van der Waals surface area contributed by atoms with Gasteiger partial charge in [0, 0.05) is 43.8 Å². The third kappa shape index (κ3) is 3.51. The summed E-state index contributed by atoms with van der Waals surface area (Å²) in [4.78, 5) is 15.8. The summed E-state index contributed by atoms with van der Waals surface area (Å²) in [6.45, 7) is 6.01. The molecule has 3 rings (SSSR count). The van der Waals surface area contributed by atoms with Gasteiger partial charge in [-0.15, -0.1) is 0 Å². The van der Waals surface area contributed by atoms with Crippen LogP contribution in [0.1, 0.15) is 39.0 Å². The zero-order valence-electron chi connectivity index (χ0n) is 12.6. The summed E-state index contributed by atoms with van der Waals surface area (Å²) in [5.41, 5.74) is 5.25. The molecule has 0 bridgehead atoms. The van der Waals surface area contributed by atoms with Crippen LogP contribution in [0.3, 0.4) is 0 Å². The lowest BCUT2D eigenvalue weighted by Gasteiger charge is -2.33. The number of hydrogen-bond donors (Lipinski definition) is 2. The van der Waals surface area contributed by atoms with Crippen molar-refractivity contribution in [3.05, 3.63) is 0 Å². The molecule has 0 radical (unpaired) electrons. The molecule has 3 aliphatic rings. The molecular formula is C15H28N4O. The van der Waals surface area contributed by atoms with Gasteiger partial charge in [-0.1, -0.05) is 0 Å². The summed E-state index contributed by atoms with van der Waals surface area (Å²) in [5, 5.41) is 3.85. The number of rotatable bonds is 5. The molecule has 1 aliphatic carbocycles. The van der Waals surface area contributed by atoms with Gasteiger partial charge in [-0.05, 0) is 39.0 Å². The lowest BCUT2D eigenvalue weighted by molar-refractivity contribution is -0.119. The lowest BCUT2D eigenvalue weighted by Crippen LogP contribution is -2.48. The molecule has 2 heterocycles. The van der Waals surface area contributed by atoms with E-state index >= 15 is 0 Å². The van der Waals surface area contributed by atoms with E-state index in [0.29, 0.717) is 18.6 Å². The Morgan fingerprint density at radius 3 is 2.50 bits per heavy atom. The number of likely N-dealkylation sites (tertiary alicyclic amines) is 2. The fourth-order valence-electron chi connectivity index (χ4n) is 3.90. The van der Waals surface area contributed by atoms with Crippen LogP contribution in [-0.4, -0.2) is 66.1 Å². The Balaban J connectivity index is 1.40. The van der Waals surface area contributed by atoms with Crippen molar-refractivity contribution in [2.75, 3.05) is 26.2 Å². The van der Waals surface area contributed by atoms with E-state index in [2.05, 4.69) is 22.0 Å². The van der Waals surface area contributed by atoms with Gasteiger partial charge >= 0.3 is 0 Å². The number of amides is 1. The van der Waals surface area contributed by atoms with E-state index in [0.717, 1.165) is 38.0 Å². The van der Waals surface area contributed by atoms with Crippen molar-refractivity contribution in [2.45, 2.75) is 63.2 Å². The molecule has 20 heavy (non-hydrogen) atoms. The van der Waals surface area contributed by atoms with E-state index in [4.69, 9.17) is 5.73 Å². The zero-order valence-corrected chi connectivity index (χ0v) is 12.6. The van der Waals surface area contributed by atoms with E-state index < -0.39 is 0 Å². The average Bonchev–Trinajstić information content (AvgIpc) is 3.16. The number of piperidine rings is 1. The molecule has 114 valence electrons. The lowest BCUT2D eigenvalue weighted by atomic mass is 10.0. The smallest absolute Gasteiger partial charge is 0.231 e. The molecule has 0 aromatic rings. The average molecular weight is 280 g/mol. The SMILES string of the molecule is C[C@H]1C[C@H](NC2CCN(CC(N)=O)CC2)CN1C1CC1. The van der Waals surface area contributed by atoms with E-state index in [1.165, 1.54) is 25.8 Å². The van der Waals surface area contributed by atoms with Crippen LogP contribution < -0.4 is 11.1 Å². The summed E-state index contributed by atoms with van der Waals surface area (Å²) in [5.74, 6) is -0.207. The van der Waals surface area contributed by atoms with Crippen LogP contribution in [0, 0.1) is 0 Å². The van der Waals surface area contributed by atoms with Gasteiger partial charge in [0.1, 0.15) is 0 Å². The molecule has 0 aromatic carbocycles. The maximum Gasteiger partial charge on any atom is 0.231 e. The first-order valence-corrected chi connectivity index (χ1v) is 8.14. The number of nitrogens with zero attached hydrogens (tertiary/aromatic N) is 2. The van der Waals surface area contributed by atoms with Gasteiger partial charge in [0.25, 0.3) is 0 Å². The van der Waals surface area contributed by atoms with Gasteiger partial charge in [-0.25, -0.2) is 0 Å². The van der Waals surface area contributed by atoms with Gasteiger partial charge in [-0.2, -0.15) is 0 Å². The van der Waals surface area contributed by atoms with Crippen LogP contribution in [0.4, 0.5) is 0 Å². The van der Waals surface area contributed by atoms with Crippen LogP contribution in [0.5, 0.6) is 0 Å². The number of carbonyl (C=O) groups excluding carboxylic acids is 1.